The molecule has 4 nitrogen and oxygen atoms in total. The maximum absolute atomic E-state index is 11.0. The molecule has 1 atom stereocenters. The molecular weight excluding hydrogens is 212 g/mol. The van der Waals surface area contributed by atoms with E-state index in [4.69, 9.17) is 10.9 Å². The highest BCUT2D eigenvalue weighted by atomic mass is 32.2. The summed E-state index contributed by atoms with van der Waals surface area (Å²) in [7, 11) is -3.58. The summed E-state index contributed by atoms with van der Waals surface area (Å²) in [6.07, 6.45) is 1.73. The van der Waals surface area contributed by atoms with Crippen LogP contribution in [0.15, 0.2) is 29.2 Å². The number of nitrogens with two attached hydrogens (primary N) is 2. The van der Waals surface area contributed by atoms with Crippen molar-refractivity contribution in [2.24, 2.45) is 10.9 Å². The molecule has 1 rings (SSSR count). The van der Waals surface area contributed by atoms with E-state index < -0.39 is 10.0 Å². The van der Waals surface area contributed by atoms with Gasteiger partial charge in [-0.15, -0.1) is 0 Å². The Labute approximate surface area is 90.3 Å². The van der Waals surface area contributed by atoms with E-state index in [9.17, 15) is 8.42 Å². The van der Waals surface area contributed by atoms with Gasteiger partial charge in [0.1, 0.15) is 0 Å². The minimum atomic E-state index is -3.58. The van der Waals surface area contributed by atoms with Crippen LogP contribution in [-0.4, -0.2) is 14.5 Å². The van der Waals surface area contributed by atoms with Gasteiger partial charge >= 0.3 is 0 Å². The van der Waals surface area contributed by atoms with Crippen molar-refractivity contribution in [3.63, 3.8) is 0 Å². The molecule has 0 bridgehead atoms. The summed E-state index contributed by atoms with van der Waals surface area (Å²) < 4.78 is 21.9. The predicted molar refractivity (Wildman–Crippen MR) is 59.8 cm³/mol. The molecule has 15 heavy (non-hydrogen) atoms. The van der Waals surface area contributed by atoms with Crippen LogP contribution >= 0.6 is 0 Å². The molecule has 1 aromatic rings. The van der Waals surface area contributed by atoms with Crippen molar-refractivity contribution in [3.8, 4) is 0 Å². The number of sulfonamides is 1. The van der Waals surface area contributed by atoms with Crippen LogP contribution in [0.2, 0.25) is 0 Å². The first-order valence-electron chi connectivity index (χ1n) is 4.77. The standard InChI is InChI=1S/C10H16N2O2S/c1-8(11)2-3-9-4-6-10(7-5-9)15(12,13)14/h4-8H,2-3,11H2,1H3,(H2,12,13,14)/t8-/m1/s1. The maximum atomic E-state index is 11.0. The highest BCUT2D eigenvalue weighted by Crippen LogP contribution is 2.10. The van der Waals surface area contributed by atoms with Gasteiger partial charge in [-0.1, -0.05) is 12.1 Å². The van der Waals surface area contributed by atoms with Gasteiger partial charge in [0.15, 0.2) is 0 Å². The molecule has 0 unspecified atom stereocenters. The molecule has 0 aliphatic rings. The van der Waals surface area contributed by atoms with Crippen LogP contribution in [0.1, 0.15) is 18.9 Å². The van der Waals surface area contributed by atoms with Gasteiger partial charge in [0.05, 0.1) is 4.90 Å². The number of aryl methyl sites for hydroxylation is 1. The Morgan fingerprint density at radius 1 is 1.27 bits per heavy atom. The highest BCUT2D eigenvalue weighted by Gasteiger charge is 2.06. The van der Waals surface area contributed by atoms with E-state index in [1.807, 2.05) is 6.92 Å². The molecule has 0 aromatic heterocycles. The third-order valence-corrected chi connectivity index (χ3v) is 3.07. The molecule has 0 saturated heterocycles. The lowest BCUT2D eigenvalue weighted by Crippen LogP contribution is -2.15. The monoisotopic (exact) mass is 228 g/mol. The molecule has 5 heteroatoms. The number of benzene rings is 1. The first-order valence-corrected chi connectivity index (χ1v) is 6.31. The second-order valence-corrected chi connectivity index (χ2v) is 5.27. The Bertz CT molecular complexity index is 410. The molecule has 1 aromatic carbocycles. The van der Waals surface area contributed by atoms with Crippen molar-refractivity contribution in [2.75, 3.05) is 0 Å². The van der Waals surface area contributed by atoms with Gasteiger partial charge in [-0.05, 0) is 37.5 Å². The summed E-state index contributed by atoms with van der Waals surface area (Å²) in [4.78, 5) is 0.145. The molecule has 0 spiro atoms. The second kappa shape index (κ2) is 4.74. The van der Waals surface area contributed by atoms with Crippen molar-refractivity contribution in [1.82, 2.24) is 0 Å². The molecule has 0 aliphatic carbocycles. The van der Waals surface area contributed by atoms with Crippen LogP contribution in [0.4, 0.5) is 0 Å². The average molecular weight is 228 g/mol. The highest BCUT2D eigenvalue weighted by molar-refractivity contribution is 7.89. The normalized spacial score (nSPS) is 13.8. The Kier molecular flexibility index (Phi) is 3.84. The van der Waals surface area contributed by atoms with E-state index >= 15 is 0 Å². The number of hydrogen-bond donors (Lipinski definition) is 2. The molecule has 0 fully saturated rings. The average Bonchev–Trinajstić information content (AvgIpc) is 2.14. The Morgan fingerprint density at radius 2 is 1.80 bits per heavy atom. The van der Waals surface area contributed by atoms with Crippen LogP contribution in [-0.2, 0) is 16.4 Å². The second-order valence-electron chi connectivity index (χ2n) is 3.70. The summed E-state index contributed by atoms with van der Waals surface area (Å²) in [6, 6.07) is 6.73. The first kappa shape index (κ1) is 12.2. The molecule has 4 N–H and O–H groups in total. The summed E-state index contributed by atoms with van der Waals surface area (Å²) >= 11 is 0. The van der Waals surface area contributed by atoms with E-state index in [2.05, 4.69) is 0 Å². The van der Waals surface area contributed by atoms with E-state index in [0.717, 1.165) is 18.4 Å². The van der Waals surface area contributed by atoms with Crippen molar-refractivity contribution >= 4 is 10.0 Å². The maximum Gasteiger partial charge on any atom is 0.238 e. The van der Waals surface area contributed by atoms with E-state index in [0.29, 0.717) is 0 Å². The number of hydrogen-bond acceptors (Lipinski definition) is 3. The minimum Gasteiger partial charge on any atom is -0.328 e. The third-order valence-electron chi connectivity index (χ3n) is 2.14. The molecule has 0 amide bonds. The zero-order chi connectivity index (χ0) is 11.5. The molecule has 0 saturated carbocycles. The van der Waals surface area contributed by atoms with E-state index in [1.54, 1.807) is 12.1 Å². The molecule has 0 radical (unpaired) electrons. The van der Waals surface area contributed by atoms with Gasteiger partial charge in [-0.3, -0.25) is 0 Å². The van der Waals surface area contributed by atoms with Crippen molar-refractivity contribution < 1.29 is 8.42 Å². The topological polar surface area (TPSA) is 86.2 Å². The summed E-state index contributed by atoms with van der Waals surface area (Å²) in [5.41, 5.74) is 6.69. The van der Waals surface area contributed by atoms with Crippen LogP contribution in [0.3, 0.4) is 0 Å². The fraction of sp³-hybridized carbons (Fsp3) is 0.400. The summed E-state index contributed by atoms with van der Waals surface area (Å²) in [6.45, 7) is 1.94. The number of rotatable bonds is 4. The van der Waals surface area contributed by atoms with Crippen molar-refractivity contribution in [2.45, 2.75) is 30.7 Å². The van der Waals surface area contributed by atoms with Crippen LogP contribution in [0, 0.1) is 0 Å². The lowest BCUT2D eigenvalue weighted by atomic mass is 10.1. The lowest BCUT2D eigenvalue weighted by Gasteiger charge is -2.05. The zero-order valence-electron chi connectivity index (χ0n) is 8.68. The predicted octanol–water partition coefficient (Wildman–Crippen LogP) is 0.614. The Balaban J connectivity index is 2.73. The minimum absolute atomic E-state index is 0.145. The number of primary sulfonamides is 1. The SMILES string of the molecule is C[C@@H](N)CCc1ccc(S(N)(=O)=O)cc1. The van der Waals surface area contributed by atoms with E-state index in [-0.39, 0.29) is 10.9 Å². The fourth-order valence-electron chi connectivity index (χ4n) is 1.24. The molecule has 0 aliphatic heterocycles. The van der Waals surface area contributed by atoms with E-state index in [1.165, 1.54) is 12.1 Å². The molecular formula is C10H16N2O2S. The smallest absolute Gasteiger partial charge is 0.238 e. The first-order chi connectivity index (χ1) is 6.89. The quantitative estimate of drug-likeness (QED) is 0.791. The summed E-state index contributed by atoms with van der Waals surface area (Å²) in [5.74, 6) is 0. The van der Waals surface area contributed by atoms with Crippen LogP contribution in [0.25, 0.3) is 0 Å². The summed E-state index contributed by atoms with van der Waals surface area (Å²) in [5, 5.41) is 4.98. The van der Waals surface area contributed by atoms with Gasteiger partial charge < -0.3 is 5.73 Å². The van der Waals surface area contributed by atoms with Crippen LogP contribution < -0.4 is 10.9 Å². The lowest BCUT2D eigenvalue weighted by molar-refractivity contribution is 0.597. The largest absolute Gasteiger partial charge is 0.328 e. The van der Waals surface area contributed by atoms with Crippen molar-refractivity contribution in [3.05, 3.63) is 29.8 Å². The molecule has 84 valence electrons. The van der Waals surface area contributed by atoms with Gasteiger partial charge in [0.25, 0.3) is 0 Å². The van der Waals surface area contributed by atoms with Gasteiger partial charge in [0.2, 0.25) is 10.0 Å². The van der Waals surface area contributed by atoms with Crippen molar-refractivity contribution in [1.29, 1.82) is 0 Å². The molecule has 0 heterocycles. The van der Waals surface area contributed by atoms with Gasteiger partial charge in [-0.2, -0.15) is 0 Å². The zero-order valence-corrected chi connectivity index (χ0v) is 9.50. The van der Waals surface area contributed by atoms with Gasteiger partial charge in [-0.25, -0.2) is 13.6 Å². The van der Waals surface area contributed by atoms with Crippen LogP contribution in [0.5, 0.6) is 0 Å². The fourth-order valence-corrected chi connectivity index (χ4v) is 1.76. The Morgan fingerprint density at radius 3 is 2.20 bits per heavy atom. The third kappa shape index (κ3) is 3.99. The van der Waals surface area contributed by atoms with Gasteiger partial charge in [0, 0.05) is 6.04 Å². The Hall–Kier alpha value is -0.910.